The molecule has 1 amide bonds. The van der Waals surface area contributed by atoms with Gasteiger partial charge in [0.2, 0.25) is 11.2 Å². The van der Waals surface area contributed by atoms with Crippen LogP contribution >= 0.6 is 11.3 Å². The fourth-order valence-electron chi connectivity index (χ4n) is 4.05. The van der Waals surface area contributed by atoms with Crippen molar-refractivity contribution in [2.45, 2.75) is 13.8 Å². The highest BCUT2D eigenvalue weighted by molar-refractivity contribution is 7.15. The lowest BCUT2D eigenvalue weighted by molar-refractivity contribution is -0.118. The molecule has 0 spiro atoms. The number of esters is 1. The van der Waals surface area contributed by atoms with Crippen LogP contribution in [0.4, 0.5) is 5.00 Å². The molecular formula is C31H25NO7S. The van der Waals surface area contributed by atoms with Gasteiger partial charge in [-0.25, -0.2) is 4.79 Å². The lowest BCUT2D eigenvalue weighted by Gasteiger charge is -2.10. The molecule has 0 aliphatic heterocycles. The van der Waals surface area contributed by atoms with Gasteiger partial charge in [0.05, 0.1) is 12.0 Å². The molecule has 9 heteroatoms. The van der Waals surface area contributed by atoms with Crippen LogP contribution in [0.1, 0.15) is 22.8 Å². The predicted octanol–water partition coefficient (Wildman–Crippen LogP) is 6.82. The van der Waals surface area contributed by atoms with Crippen molar-refractivity contribution < 1.29 is 28.2 Å². The number of fused-ring (bicyclic) bond motifs is 1. The number of amides is 1. The van der Waals surface area contributed by atoms with Crippen LogP contribution in [0.15, 0.2) is 93.7 Å². The van der Waals surface area contributed by atoms with E-state index in [9.17, 15) is 14.4 Å². The number of anilines is 1. The van der Waals surface area contributed by atoms with Gasteiger partial charge in [0.25, 0.3) is 5.91 Å². The fraction of sp³-hybridized carbons (Fsp3) is 0.129. The monoisotopic (exact) mass is 555 g/mol. The highest BCUT2D eigenvalue weighted by Gasteiger charge is 2.23. The highest BCUT2D eigenvalue weighted by atomic mass is 32.1. The van der Waals surface area contributed by atoms with E-state index in [0.29, 0.717) is 33.0 Å². The molecule has 2 heterocycles. The van der Waals surface area contributed by atoms with Crippen LogP contribution < -0.4 is 20.2 Å². The van der Waals surface area contributed by atoms with Gasteiger partial charge in [0, 0.05) is 17.0 Å². The van der Waals surface area contributed by atoms with E-state index in [1.54, 1.807) is 30.5 Å². The second-order valence-electron chi connectivity index (χ2n) is 8.78. The number of thiophene rings is 1. The first kappa shape index (κ1) is 26.7. The second-order valence-corrected chi connectivity index (χ2v) is 9.66. The summed E-state index contributed by atoms with van der Waals surface area (Å²) < 4.78 is 22.2. The third-order valence-corrected chi connectivity index (χ3v) is 6.81. The Labute approximate surface area is 233 Å². The minimum absolute atomic E-state index is 0.0642. The van der Waals surface area contributed by atoms with Crippen molar-refractivity contribution in [3.63, 3.8) is 0 Å². The zero-order valence-corrected chi connectivity index (χ0v) is 22.6. The fourth-order valence-corrected chi connectivity index (χ4v) is 5.03. The number of hydrogen-bond donors (Lipinski definition) is 1. The Morgan fingerprint density at radius 1 is 0.975 bits per heavy atom. The molecule has 8 nitrogen and oxygen atoms in total. The molecule has 5 rings (SSSR count). The highest BCUT2D eigenvalue weighted by Crippen LogP contribution is 2.36. The van der Waals surface area contributed by atoms with Crippen molar-refractivity contribution in [3.05, 3.63) is 106 Å². The first-order valence-corrected chi connectivity index (χ1v) is 13.4. The minimum atomic E-state index is -0.519. The molecule has 0 aliphatic rings. The van der Waals surface area contributed by atoms with Crippen LogP contribution in [-0.2, 0) is 9.53 Å². The summed E-state index contributed by atoms with van der Waals surface area (Å²) in [5.41, 5.74) is 2.77. The quantitative estimate of drug-likeness (QED) is 0.199. The van der Waals surface area contributed by atoms with E-state index in [0.717, 1.165) is 11.1 Å². The maximum absolute atomic E-state index is 12.9. The lowest BCUT2D eigenvalue weighted by Crippen LogP contribution is -2.21. The number of benzene rings is 3. The van der Waals surface area contributed by atoms with Crippen LogP contribution in [-0.4, -0.2) is 25.1 Å². The molecule has 0 saturated carbocycles. The number of carbonyl (C=O) groups is 2. The summed E-state index contributed by atoms with van der Waals surface area (Å²) in [6, 6.07) is 21.4. The minimum Gasteiger partial charge on any atom is -0.484 e. The number of carbonyl (C=O) groups excluding carboxylic acids is 2. The van der Waals surface area contributed by atoms with Gasteiger partial charge in [-0.3, -0.25) is 9.59 Å². The average Bonchev–Trinajstić information content (AvgIpc) is 3.37. The number of ether oxygens (including phenoxy) is 3. The van der Waals surface area contributed by atoms with Crippen LogP contribution in [0.2, 0.25) is 0 Å². The summed E-state index contributed by atoms with van der Waals surface area (Å²) in [5, 5.41) is 5.25. The molecular weight excluding hydrogens is 530 g/mol. The Bertz CT molecular complexity index is 1740. The molecule has 5 aromatic rings. The molecule has 3 aromatic carbocycles. The van der Waals surface area contributed by atoms with Crippen molar-refractivity contribution >= 4 is 39.2 Å². The van der Waals surface area contributed by atoms with Crippen molar-refractivity contribution in [2.75, 3.05) is 18.5 Å². The van der Waals surface area contributed by atoms with Crippen LogP contribution in [0.25, 0.3) is 22.1 Å². The Morgan fingerprint density at radius 3 is 2.58 bits per heavy atom. The Kier molecular flexibility index (Phi) is 7.93. The summed E-state index contributed by atoms with van der Waals surface area (Å²) in [6.45, 7) is 3.53. The molecule has 202 valence electrons. The normalized spacial score (nSPS) is 10.8. The van der Waals surface area contributed by atoms with Crippen LogP contribution in [0, 0.1) is 6.92 Å². The summed E-state index contributed by atoms with van der Waals surface area (Å²) in [6.07, 6.45) is 1.25. The van der Waals surface area contributed by atoms with Gasteiger partial charge in [-0.15, -0.1) is 11.3 Å². The van der Waals surface area contributed by atoms with Crippen molar-refractivity contribution in [3.8, 4) is 28.4 Å². The number of nitrogens with one attached hydrogen (secondary N) is 1. The van der Waals surface area contributed by atoms with Crippen molar-refractivity contribution in [1.82, 2.24) is 0 Å². The van der Waals surface area contributed by atoms with Crippen molar-refractivity contribution in [1.29, 1.82) is 0 Å². The molecule has 0 saturated heterocycles. The first-order valence-electron chi connectivity index (χ1n) is 12.5. The van der Waals surface area contributed by atoms with Gasteiger partial charge in [-0.2, -0.15) is 0 Å². The molecule has 0 unspecified atom stereocenters. The van der Waals surface area contributed by atoms with E-state index >= 15 is 0 Å². The predicted molar refractivity (Wildman–Crippen MR) is 154 cm³/mol. The smallest absolute Gasteiger partial charge is 0.341 e. The zero-order chi connectivity index (χ0) is 28.1. The SMILES string of the molecule is CCOC(=O)c1c(-c2ccccc2)csc1NC(=O)COc1ccc2c(=O)c(Oc3cccc(C)c3)coc2c1. The second kappa shape index (κ2) is 11.9. The summed E-state index contributed by atoms with van der Waals surface area (Å²) in [7, 11) is 0. The van der Waals surface area contributed by atoms with Crippen molar-refractivity contribution in [2.24, 2.45) is 0 Å². The molecule has 2 aromatic heterocycles. The van der Waals surface area contributed by atoms with E-state index in [2.05, 4.69) is 5.32 Å². The summed E-state index contributed by atoms with van der Waals surface area (Å²) in [5.74, 6) is -0.0516. The summed E-state index contributed by atoms with van der Waals surface area (Å²) >= 11 is 1.23. The Balaban J connectivity index is 1.29. The van der Waals surface area contributed by atoms with E-state index in [-0.39, 0.29) is 30.0 Å². The molecule has 40 heavy (non-hydrogen) atoms. The maximum Gasteiger partial charge on any atom is 0.341 e. The van der Waals surface area contributed by atoms with Gasteiger partial charge in [0.15, 0.2) is 6.61 Å². The third-order valence-electron chi connectivity index (χ3n) is 5.91. The molecule has 0 bridgehead atoms. The molecule has 0 atom stereocenters. The Morgan fingerprint density at radius 2 is 1.80 bits per heavy atom. The molecule has 0 fully saturated rings. The lowest BCUT2D eigenvalue weighted by atomic mass is 10.0. The van der Waals surface area contributed by atoms with Gasteiger partial charge < -0.3 is 23.9 Å². The summed E-state index contributed by atoms with van der Waals surface area (Å²) in [4.78, 5) is 38.4. The van der Waals surface area contributed by atoms with Gasteiger partial charge in [0.1, 0.15) is 33.9 Å². The standard InChI is InChI=1S/C31H25NO7S/c1-3-36-31(35)28-24(20-9-5-4-6-10-20)18-40-30(28)32-27(33)17-37-21-12-13-23-25(15-21)38-16-26(29(23)34)39-22-11-7-8-19(2)14-22/h4-16,18H,3,17H2,1-2H3,(H,32,33). The van der Waals surface area contributed by atoms with Crippen LogP contribution in [0.5, 0.6) is 17.2 Å². The number of aryl methyl sites for hydroxylation is 1. The van der Waals surface area contributed by atoms with E-state index < -0.39 is 11.9 Å². The largest absolute Gasteiger partial charge is 0.484 e. The number of hydrogen-bond acceptors (Lipinski definition) is 8. The maximum atomic E-state index is 12.9. The topological polar surface area (TPSA) is 104 Å². The molecule has 0 radical (unpaired) electrons. The Hall–Kier alpha value is -4.89. The van der Waals surface area contributed by atoms with Gasteiger partial charge in [-0.1, -0.05) is 42.5 Å². The van der Waals surface area contributed by atoms with Gasteiger partial charge >= 0.3 is 5.97 Å². The molecule has 1 N–H and O–H groups in total. The van der Waals surface area contributed by atoms with Gasteiger partial charge in [-0.05, 0) is 49.2 Å². The third kappa shape index (κ3) is 5.89. The van der Waals surface area contributed by atoms with E-state index in [4.69, 9.17) is 18.6 Å². The zero-order valence-electron chi connectivity index (χ0n) is 21.8. The molecule has 0 aliphatic carbocycles. The van der Waals surface area contributed by atoms with Crippen LogP contribution in [0.3, 0.4) is 0 Å². The van der Waals surface area contributed by atoms with E-state index in [1.165, 1.54) is 23.7 Å². The van der Waals surface area contributed by atoms with E-state index in [1.807, 2.05) is 55.5 Å². The first-order chi connectivity index (χ1) is 19.4. The average molecular weight is 556 g/mol. The number of rotatable bonds is 9.